The van der Waals surface area contributed by atoms with E-state index >= 15 is 0 Å². The number of aromatic nitrogens is 3. The van der Waals surface area contributed by atoms with Gasteiger partial charge in [-0.1, -0.05) is 24.4 Å². The Hall–Kier alpha value is -2.11. The van der Waals surface area contributed by atoms with Gasteiger partial charge >= 0.3 is 0 Å². The monoisotopic (exact) mass is 342 g/mol. The quantitative estimate of drug-likeness (QED) is 0.921. The summed E-state index contributed by atoms with van der Waals surface area (Å²) in [5.41, 5.74) is 2.02. The third kappa shape index (κ3) is 3.48. The van der Waals surface area contributed by atoms with Crippen molar-refractivity contribution in [3.8, 4) is 0 Å². The average Bonchev–Trinajstić information content (AvgIpc) is 3.31. The first kappa shape index (κ1) is 16.4. The Morgan fingerprint density at radius 2 is 2.00 bits per heavy atom. The minimum Gasteiger partial charge on any atom is -0.351 e. The first-order valence-corrected chi connectivity index (χ1v) is 9.48. The van der Waals surface area contributed by atoms with Gasteiger partial charge in [0.15, 0.2) is 0 Å². The van der Waals surface area contributed by atoms with E-state index in [1.807, 2.05) is 24.1 Å². The fourth-order valence-electron chi connectivity index (χ4n) is 4.16. The van der Waals surface area contributed by atoms with Gasteiger partial charge in [0, 0.05) is 42.9 Å². The zero-order valence-corrected chi connectivity index (χ0v) is 14.8. The molecule has 2 aromatic rings. The minimum absolute atomic E-state index is 0.0393. The lowest BCUT2D eigenvalue weighted by Crippen LogP contribution is -2.39. The smallest absolute Gasteiger partial charge is 0.292 e. The summed E-state index contributed by atoms with van der Waals surface area (Å²) in [7, 11) is 0. The molecule has 0 spiro atoms. The van der Waals surface area contributed by atoms with Crippen LogP contribution in [0.25, 0.3) is 0 Å². The Morgan fingerprint density at radius 1 is 1.20 bits per heavy atom. The van der Waals surface area contributed by atoms with Gasteiger partial charge in [-0.2, -0.15) is 0 Å². The number of amides is 1. The second kappa shape index (κ2) is 7.02. The molecule has 1 N–H and O–H groups in total. The van der Waals surface area contributed by atoms with Crippen LogP contribution in [0.5, 0.6) is 0 Å². The van der Waals surface area contributed by atoms with Crippen molar-refractivity contribution in [2.75, 3.05) is 13.1 Å². The topological polar surface area (TPSA) is 75.0 Å². The number of aryl methyl sites for hydroxylation is 1. The number of hydrogen-bond donors (Lipinski definition) is 1. The van der Waals surface area contributed by atoms with Crippen molar-refractivity contribution >= 4 is 5.91 Å². The lowest BCUT2D eigenvalue weighted by atomic mass is 9.87. The predicted molar refractivity (Wildman–Crippen MR) is 93.5 cm³/mol. The molecule has 2 aliphatic rings. The normalized spacial score (nSPS) is 22.3. The molecule has 1 saturated heterocycles. The zero-order chi connectivity index (χ0) is 17.2. The van der Waals surface area contributed by atoms with E-state index in [4.69, 9.17) is 4.52 Å². The summed E-state index contributed by atoms with van der Waals surface area (Å²) in [5.74, 6) is 2.06. The Balaban J connectivity index is 1.44. The third-order valence-corrected chi connectivity index (χ3v) is 5.58. The second-order valence-corrected chi connectivity index (χ2v) is 7.49. The standard InChI is InChI=1S/C19H26N4O2/c1-13-11-20-18(21-13)15-8-5-9-23(12-15)19(24)17-10-16(22-25-17)14-6-3-2-4-7-14/h10-11,14-15H,2-9,12H2,1H3,(H,20,21)/t15-/m1/s1. The minimum atomic E-state index is -0.0393. The maximum Gasteiger partial charge on any atom is 0.292 e. The van der Waals surface area contributed by atoms with Gasteiger partial charge in [0.1, 0.15) is 5.82 Å². The molecular formula is C19H26N4O2. The number of carbonyl (C=O) groups excluding carboxylic acids is 1. The van der Waals surface area contributed by atoms with Crippen molar-refractivity contribution in [3.63, 3.8) is 0 Å². The van der Waals surface area contributed by atoms with Crippen LogP contribution in [0.4, 0.5) is 0 Å². The highest BCUT2D eigenvalue weighted by atomic mass is 16.5. The van der Waals surface area contributed by atoms with Gasteiger partial charge < -0.3 is 14.4 Å². The first-order valence-electron chi connectivity index (χ1n) is 9.48. The number of carbonyl (C=O) groups is 1. The Labute approximate surface area is 148 Å². The van der Waals surface area contributed by atoms with E-state index in [1.54, 1.807) is 0 Å². The maximum absolute atomic E-state index is 12.8. The van der Waals surface area contributed by atoms with Crippen LogP contribution in [0.3, 0.4) is 0 Å². The van der Waals surface area contributed by atoms with Crippen LogP contribution in [0.15, 0.2) is 16.8 Å². The number of hydrogen-bond acceptors (Lipinski definition) is 4. The van der Waals surface area contributed by atoms with Crippen LogP contribution in [-0.4, -0.2) is 39.0 Å². The molecule has 134 valence electrons. The van der Waals surface area contributed by atoms with E-state index < -0.39 is 0 Å². The number of nitrogens with one attached hydrogen (secondary N) is 1. The third-order valence-electron chi connectivity index (χ3n) is 5.58. The molecule has 1 atom stereocenters. The summed E-state index contributed by atoms with van der Waals surface area (Å²) < 4.78 is 5.41. The predicted octanol–water partition coefficient (Wildman–Crippen LogP) is 3.77. The lowest BCUT2D eigenvalue weighted by molar-refractivity contribution is 0.0662. The summed E-state index contributed by atoms with van der Waals surface area (Å²) in [5, 5.41) is 4.20. The molecule has 2 aromatic heterocycles. The molecule has 6 heteroatoms. The molecule has 1 aliphatic carbocycles. The van der Waals surface area contributed by atoms with Crippen molar-refractivity contribution in [2.45, 2.75) is 63.7 Å². The Kier molecular flexibility index (Phi) is 4.59. The van der Waals surface area contributed by atoms with E-state index in [2.05, 4.69) is 15.1 Å². The van der Waals surface area contributed by atoms with E-state index in [9.17, 15) is 4.79 Å². The van der Waals surface area contributed by atoms with E-state index in [0.29, 0.717) is 18.2 Å². The molecule has 1 aliphatic heterocycles. The summed E-state index contributed by atoms with van der Waals surface area (Å²) in [6, 6.07) is 1.87. The largest absolute Gasteiger partial charge is 0.351 e. The van der Waals surface area contributed by atoms with Crippen molar-refractivity contribution in [1.29, 1.82) is 0 Å². The van der Waals surface area contributed by atoms with Crippen LogP contribution in [0.2, 0.25) is 0 Å². The van der Waals surface area contributed by atoms with Gasteiger partial charge in [0.2, 0.25) is 5.76 Å². The number of imidazole rings is 1. The van der Waals surface area contributed by atoms with Crippen molar-refractivity contribution in [3.05, 3.63) is 35.2 Å². The van der Waals surface area contributed by atoms with Crippen LogP contribution >= 0.6 is 0 Å². The molecule has 0 radical (unpaired) electrons. The number of H-pyrrole nitrogens is 1. The summed E-state index contributed by atoms with van der Waals surface area (Å²) >= 11 is 0. The van der Waals surface area contributed by atoms with E-state index in [1.165, 1.54) is 19.3 Å². The van der Waals surface area contributed by atoms with Gasteiger partial charge in [-0.05, 0) is 32.6 Å². The fraction of sp³-hybridized carbons (Fsp3) is 0.632. The van der Waals surface area contributed by atoms with E-state index in [-0.39, 0.29) is 11.8 Å². The van der Waals surface area contributed by atoms with Gasteiger partial charge in [-0.25, -0.2) is 4.98 Å². The van der Waals surface area contributed by atoms with Crippen LogP contribution in [-0.2, 0) is 0 Å². The van der Waals surface area contributed by atoms with Crippen molar-refractivity contribution in [1.82, 2.24) is 20.0 Å². The molecule has 2 fully saturated rings. The summed E-state index contributed by atoms with van der Waals surface area (Å²) in [6.07, 6.45) is 10.0. The zero-order valence-electron chi connectivity index (χ0n) is 14.8. The maximum atomic E-state index is 12.8. The van der Waals surface area contributed by atoms with Crippen LogP contribution in [0, 0.1) is 6.92 Å². The Morgan fingerprint density at radius 3 is 2.76 bits per heavy atom. The molecule has 0 aromatic carbocycles. The molecule has 6 nitrogen and oxygen atoms in total. The first-order chi connectivity index (χ1) is 12.2. The molecule has 3 heterocycles. The summed E-state index contributed by atoms with van der Waals surface area (Å²) in [6.45, 7) is 3.46. The van der Waals surface area contributed by atoms with Crippen LogP contribution < -0.4 is 0 Å². The highest BCUT2D eigenvalue weighted by Crippen LogP contribution is 2.32. The van der Waals surface area contributed by atoms with Gasteiger partial charge in [0.05, 0.1) is 5.69 Å². The summed E-state index contributed by atoms with van der Waals surface area (Å²) in [4.78, 5) is 22.5. The number of nitrogens with zero attached hydrogens (tertiary/aromatic N) is 3. The van der Waals surface area contributed by atoms with Crippen LogP contribution in [0.1, 0.15) is 84.5 Å². The second-order valence-electron chi connectivity index (χ2n) is 7.49. The number of rotatable bonds is 3. The molecular weight excluding hydrogens is 316 g/mol. The fourth-order valence-corrected chi connectivity index (χ4v) is 4.16. The van der Waals surface area contributed by atoms with Gasteiger partial charge in [-0.15, -0.1) is 0 Å². The molecule has 4 rings (SSSR count). The molecule has 1 saturated carbocycles. The van der Waals surface area contributed by atoms with Gasteiger partial charge in [0.25, 0.3) is 5.91 Å². The number of likely N-dealkylation sites (tertiary alicyclic amines) is 1. The molecule has 0 unspecified atom stereocenters. The molecule has 0 bridgehead atoms. The molecule has 25 heavy (non-hydrogen) atoms. The highest BCUT2D eigenvalue weighted by Gasteiger charge is 2.30. The average molecular weight is 342 g/mol. The SMILES string of the molecule is Cc1cnc([C@@H]2CCCN(C(=O)c3cc(C4CCCCC4)no3)C2)[nH]1. The Bertz CT molecular complexity index is 729. The highest BCUT2D eigenvalue weighted by molar-refractivity contribution is 5.91. The molecule has 1 amide bonds. The van der Waals surface area contributed by atoms with Crippen molar-refractivity contribution in [2.24, 2.45) is 0 Å². The van der Waals surface area contributed by atoms with E-state index in [0.717, 1.165) is 49.4 Å². The van der Waals surface area contributed by atoms with Gasteiger partial charge in [-0.3, -0.25) is 4.79 Å². The van der Waals surface area contributed by atoms with Crippen molar-refractivity contribution < 1.29 is 9.32 Å². The lowest BCUT2D eigenvalue weighted by Gasteiger charge is -2.31. The number of piperidine rings is 1. The number of aromatic amines is 1.